The van der Waals surface area contributed by atoms with Crippen molar-refractivity contribution in [3.05, 3.63) is 120 Å². The van der Waals surface area contributed by atoms with Gasteiger partial charge >= 0.3 is 6.18 Å². The molecule has 1 heterocycles. The number of nitrogens with zero attached hydrogens (tertiary/aromatic N) is 1. The number of carbonyl (C=O) groups excluding carboxylic acids is 1. The Labute approximate surface area is 211 Å². The summed E-state index contributed by atoms with van der Waals surface area (Å²) in [6.07, 6.45) is 4.30. The van der Waals surface area contributed by atoms with Crippen molar-refractivity contribution in [2.75, 3.05) is 11.6 Å². The van der Waals surface area contributed by atoms with Crippen LogP contribution in [-0.4, -0.2) is 25.6 Å². The summed E-state index contributed by atoms with van der Waals surface area (Å²) in [7, 11) is -3.42. The van der Waals surface area contributed by atoms with E-state index in [1.54, 1.807) is 48.8 Å². The maximum absolute atomic E-state index is 13.0. The number of amides is 1. The van der Waals surface area contributed by atoms with Gasteiger partial charge in [0.1, 0.15) is 0 Å². The first-order chi connectivity index (χ1) is 17.5. The molecule has 0 spiro atoms. The molecule has 9 heteroatoms. The fourth-order valence-corrected chi connectivity index (χ4v) is 4.35. The summed E-state index contributed by atoms with van der Waals surface area (Å²) in [6, 6.07) is 17.8. The molecule has 1 aromatic heterocycles. The monoisotopic (exact) mass is 522 g/mol. The number of nitrogens with one attached hydrogen (secondary N) is 1. The van der Waals surface area contributed by atoms with Crippen molar-refractivity contribution >= 4 is 37.8 Å². The van der Waals surface area contributed by atoms with Gasteiger partial charge < -0.3 is 5.32 Å². The predicted molar refractivity (Wildman–Crippen MR) is 138 cm³/mol. The number of aromatic nitrogens is 1. The van der Waals surface area contributed by atoms with E-state index < -0.39 is 27.5 Å². The normalized spacial score (nSPS) is 12.7. The highest BCUT2D eigenvalue weighted by molar-refractivity contribution is 7.90. The van der Waals surface area contributed by atoms with Crippen LogP contribution < -0.4 is 5.32 Å². The Bertz CT molecular complexity index is 1600. The van der Waals surface area contributed by atoms with Crippen LogP contribution >= 0.6 is 0 Å². The van der Waals surface area contributed by atoms with Gasteiger partial charge in [-0.15, -0.1) is 0 Å². The molecule has 5 nitrogen and oxygen atoms in total. The van der Waals surface area contributed by atoms with E-state index in [1.165, 1.54) is 36.4 Å². The standard InChI is InChI=1S/C28H21F3N2O3S/c1-37(35,36)23-14-10-20(11-15-23)24(19-8-12-22(13-9-19)28(29,30)31)5-3-7-27(34)33-26-6-2-4-21-18-32-17-16-25(21)26/h2-18H,1H3,(H,33,34)/b7-3+,24-5-. The van der Waals surface area contributed by atoms with Gasteiger partial charge in [0.2, 0.25) is 5.91 Å². The van der Waals surface area contributed by atoms with Gasteiger partial charge in [-0.05, 0) is 53.1 Å². The number of anilines is 1. The molecule has 37 heavy (non-hydrogen) atoms. The number of sulfone groups is 1. The highest BCUT2D eigenvalue weighted by atomic mass is 32.2. The number of fused-ring (bicyclic) bond motifs is 1. The number of pyridine rings is 1. The zero-order valence-electron chi connectivity index (χ0n) is 19.5. The molecule has 0 bridgehead atoms. The summed E-state index contributed by atoms with van der Waals surface area (Å²) < 4.78 is 62.7. The molecular weight excluding hydrogens is 501 g/mol. The van der Waals surface area contributed by atoms with Crippen LogP contribution in [0.3, 0.4) is 0 Å². The van der Waals surface area contributed by atoms with Crippen LogP contribution in [0, 0.1) is 0 Å². The molecule has 0 fully saturated rings. The second-order valence-corrected chi connectivity index (χ2v) is 10.2. The number of benzene rings is 3. The molecule has 0 saturated heterocycles. The molecule has 0 aliphatic carbocycles. The first kappa shape index (κ1) is 25.8. The van der Waals surface area contributed by atoms with E-state index in [1.807, 2.05) is 6.07 Å². The van der Waals surface area contributed by atoms with Crippen LogP contribution in [-0.2, 0) is 20.8 Å². The van der Waals surface area contributed by atoms with Crippen molar-refractivity contribution in [1.29, 1.82) is 0 Å². The highest BCUT2D eigenvalue weighted by Gasteiger charge is 2.30. The molecule has 1 N–H and O–H groups in total. The fourth-order valence-electron chi connectivity index (χ4n) is 3.72. The highest BCUT2D eigenvalue weighted by Crippen LogP contribution is 2.32. The first-order valence-corrected chi connectivity index (χ1v) is 12.9. The first-order valence-electron chi connectivity index (χ1n) is 11.0. The Balaban J connectivity index is 1.65. The Hall–Kier alpha value is -4.24. The Morgan fingerprint density at radius 3 is 2.19 bits per heavy atom. The summed E-state index contributed by atoms with van der Waals surface area (Å²) in [6.45, 7) is 0. The number of hydrogen-bond acceptors (Lipinski definition) is 4. The Kier molecular flexibility index (Phi) is 7.26. The summed E-state index contributed by atoms with van der Waals surface area (Å²) in [5.41, 5.74) is 1.36. The van der Waals surface area contributed by atoms with Gasteiger partial charge in [-0.25, -0.2) is 8.42 Å². The minimum absolute atomic E-state index is 0.114. The molecule has 4 rings (SSSR count). The fraction of sp³-hybridized carbons (Fsp3) is 0.0714. The molecule has 0 radical (unpaired) electrons. The van der Waals surface area contributed by atoms with E-state index in [9.17, 15) is 26.4 Å². The van der Waals surface area contributed by atoms with Crippen molar-refractivity contribution in [2.45, 2.75) is 11.1 Å². The summed E-state index contributed by atoms with van der Waals surface area (Å²) in [5, 5.41) is 4.50. The second kappa shape index (κ2) is 10.4. The molecular formula is C28H21F3N2O3S. The van der Waals surface area contributed by atoms with Crippen LogP contribution in [0.25, 0.3) is 16.3 Å². The van der Waals surface area contributed by atoms with E-state index in [0.29, 0.717) is 22.4 Å². The number of hydrogen-bond donors (Lipinski definition) is 1. The number of halogens is 3. The van der Waals surface area contributed by atoms with Gasteiger partial charge in [-0.3, -0.25) is 9.78 Å². The average Bonchev–Trinajstić information content (AvgIpc) is 2.86. The molecule has 4 aromatic rings. The zero-order chi connectivity index (χ0) is 26.6. The zero-order valence-corrected chi connectivity index (χ0v) is 20.3. The van der Waals surface area contributed by atoms with Crippen molar-refractivity contribution in [2.24, 2.45) is 0 Å². The topological polar surface area (TPSA) is 76.1 Å². The third-order valence-corrected chi connectivity index (χ3v) is 6.69. The number of alkyl halides is 3. The van der Waals surface area contributed by atoms with Crippen LogP contribution in [0.4, 0.5) is 18.9 Å². The van der Waals surface area contributed by atoms with Gasteiger partial charge in [0.25, 0.3) is 0 Å². The minimum atomic E-state index is -4.48. The summed E-state index contributed by atoms with van der Waals surface area (Å²) in [4.78, 5) is 16.8. The van der Waals surface area contributed by atoms with E-state index in [4.69, 9.17) is 0 Å². The van der Waals surface area contributed by atoms with E-state index in [0.717, 1.165) is 29.2 Å². The Morgan fingerprint density at radius 2 is 1.57 bits per heavy atom. The van der Waals surface area contributed by atoms with Gasteiger partial charge in [-0.1, -0.05) is 48.6 Å². The smallest absolute Gasteiger partial charge is 0.322 e. The largest absolute Gasteiger partial charge is 0.416 e. The van der Waals surface area contributed by atoms with Crippen LogP contribution in [0.1, 0.15) is 16.7 Å². The lowest BCUT2D eigenvalue weighted by atomic mass is 9.96. The number of carbonyl (C=O) groups is 1. The van der Waals surface area contributed by atoms with Crippen molar-refractivity contribution in [1.82, 2.24) is 4.98 Å². The molecule has 3 aromatic carbocycles. The number of rotatable bonds is 6. The summed E-state index contributed by atoms with van der Waals surface area (Å²) >= 11 is 0. The van der Waals surface area contributed by atoms with Gasteiger partial charge in [0, 0.05) is 41.2 Å². The molecule has 0 saturated carbocycles. The third-order valence-electron chi connectivity index (χ3n) is 5.57. The van der Waals surface area contributed by atoms with Crippen LogP contribution in [0.2, 0.25) is 0 Å². The van der Waals surface area contributed by atoms with Crippen molar-refractivity contribution < 1.29 is 26.4 Å². The maximum Gasteiger partial charge on any atom is 0.416 e. The number of allylic oxidation sites excluding steroid dienone is 2. The van der Waals surface area contributed by atoms with E-state index in [-0.39, 0.29) is 4.90 Å². The van der Waals surface area contributed by atoms with Crippen LogP contribution in [0.5, 0.6) is 0 Å². The van der Waals surface area contributed by atoms with E-state index in [2.05, 4.69) is 10.3 Å². The van der Waals surface area contributed by atoms with Crippen molar-refractivity contribution in [3.8, 4) is 0 Å². The Morgan fingerprint density at radius 1 is 0.919 bits per heavy atom. The minimum Gasteiger partial charge on any atom is -0.322 e. The summed E-state index contributed by atoms with van der Waals surface area (Å²) in [5.74, 6) is -0.403. The molecule has 188 valence electrons. The lowest BCUT2D eigenvalue weighted by Crippen LogP contribution is -2.08. The van der Waals surface area contributed by atoms with Gasteiger partial charge in [0.15, 0.2) is 9.84 Å². The molecule has 0 aliphatic rings. The quantitative estimate of drug-likeness (QED) is 0.239. The van der Waals surface area contributed by atoms with Crippen molar-refractivity contribution in [3.63, 3.8) is 0 Å². The SMILES string of the molecule is CS(=O)(=O)c1ccc(/C(=C\C=C\C(=O)Nc2cccc3cnccc23)c2ccc(C(F)(F)F)cc2)cc1. The molecule has 0 unspecified atom stereocenters. The molecule has 0 aliphatic heterocycles. The molecule has 1 amide bonds. The molecule has 0 atom stereocenters. The van der Waals surface area contributed by atoms with Gasteiger partial charge in [0.05, 0.1) is 10.5 Å². The lowest BCUT2D eigenvalue weighted by Gasteiger charge is -2.11. The van der Waals surface area contributed by atoms with Crippen LogP contribution in [0.15, 0.2) is 108 Å². The second-order valence-electron chi connectivity index (χ2n) is 8.20. The predicted octanol–water partition coefficient (Wildman–Crippen LogP) is 6.28. The lowest BCUT2D eigenvalue weighted by molar-refractivity contribution is -0.137. The third kappa shape index (κ3) is 6.31. The maximum atomic E-state index is 13.0. The van der Waals surface area contributed by atoms with E-state index >= 15 is 0 Å². The average molecular weight is 523 g/mol. The van der Waals surface area contributed by atoms with Gasteiger partial charge in [-0.2, -0.15) is 13.2 Å².